The number of methoxy groups -OCH3 is 1. The molecular formula is C24H37N3O8. The van der Waals surface area contributed by atoms with Crippen LogP contribution in [0.2, 0.25) is 0 Å². The highest BCUT2D eigenvalue weighted by molar-refractivity contribution is 5.93. The van der Waals surface area contributed by atoms with Gasteiger partial charge in [-0.1, -0.05) is 19.1 Å². The smallest absolute Gasteiger partial charge is 0.408 e. The third-order valence-electron chi connectivity index (χ3n) is 5.28. The maximum atomic E-state index is 13.7. The standard InChI is InChI=1S/C24H37N3O8/c1-8-24(5,6)27(21(32)17(14-28)26-22(33)35-23(2,3)4)19(15-9-11-16(29)12-10-15)20(31)25-13-18(30)34-7/h9-12,17,19,28-29H,8,13-14H2,1-7H3,(H,25,31)(H,26,33). The van der Waals surface area contributed by atoms with Gasteiger partial charge in [-0.25, -0.2) is 4.79 Å². The minimum atomic E-state index is -1.41. The molecule has 2 unspecified atom stereocenters. The number of carbonyl (C=O) groups is 4. The number of aliphatic hydroxyl groups excluding tert-OH is 1. The summed E-state index contributed by atoms with van der Waals surface area (Å²) in [4.78, 5) is 52.3. The number of phenolic OH excluding ortho intramolecular Hbond substituents is 1. The minimum Gasteiger partial charge on any atom is -0.508 e. The quantitative estimate of drug-likeness (QED) is 0.357. The lowest BCUT2D eigenvalue weighted by molar-refractivity contribution is -0.150. The molecule has 0 aliphatic rings. The number of rotatable bonds is 10. The van der Waals surface area contributed by atoms with Crippen molar-refractivity contribution in [2.24, 2.45) is 0 Å². The molecule has 196 valence electrons. The molecule has 0 radical (unpaired) electrons. The van der Waals surface area contributed by atoms with Crippen LogP contribution >= 0.6 is 0 Å². The van der Waals surface area contributed by atoms with Crippen molar-refractivity contribution in [2.45, 2.75) is 71.2 Å². The molecule has 0 bridgehead atoms. The molecule has 35 heavy (non-hydrogen) atoms. The highest BCUT2D eigenvalue weighted by atomic mass is 16.6. The van der Waals surface area contributed by atoms with Crippen LogP contribution in [0.3, 0.4) is 0 Å². The van der Waals surface area contributed by atoms with Crippen molar-refractivity contribution in [1.82, 2.24) is 15.5 Å². The summed E-state index contributed by atoms with van der Waals surface area (Å²) in [6, 6.07) is 2.98. The molecule has 1 aromatic rings. The molecule has 1 rings (SSSR count). The summed E-state index contributed by atoms with van der Waals surface area (Å²) in [5, 5.41) is 24.5. The number of carbonyl (C=O) groups excluding carboxylic acids is 4. The third-order valence-corrected chi connectivity index (χ3v) is 5.28. The average Bonchev–Trinajstić information content (AvgIpc) is 2.78. The second kappa shape index (κ2) is 12.4. The van der Waals surface area contributed by atoms with Crippen molar-refractivity contribution < 1.29 is 38.9 Å². The molecular weight excluding hydrogens is 458 g/mol. The van der Waals surface area contributed by atoms with E-state index in [1.807, 2.05) is 6.92 Å². The molecule has 0 heterocycles. The number of esters is 1. The third kappa shape index (κ3) is 8.75. The molecule has 4 N–H and O–H groups in total. The van der Waals surface area contributed by atoms with Crippen molar-refractivity contribution in [2.75, 3.05) is 20.3 Å². The van der Waals surface area contributed by atoms with Crippen molar-refractivity contribution in [3.8, 4) is 5.75 Å². The van der Waals surface area contributed by atoms with E-state index < -0.39 is 60.3 Å². The number of benzene rings is 1. The molecule has 0 spiro atoms. The second-order valence-corrected chi connectivity index (χ2v) is 9.54. The Kier molecular flexibility index (Phi) is 10.5. The lowest BCUT2D eigenvalue weighted by Gasteiger charge is -2.44. The van der Waals surface area contributed by atoms with E-state index in [2.05, 4.69) is 15.4 Å². The van der Waals surface area contributed by atoms with Gasteiger partial charge < -0.3 is 35.2 Å². The van der Waals surface area contributed by atoms with Gasteiger partial charge in [-0.15, -0.1) is 0 Å². The summed E-state index contributed by atoms with van der Waals surface area (Å²) in [5.74, 6) is -2.16. The maximum Gasteiger partial charge on any atom is 0.408 e. The fraction of sp³-hybridized carbons (Fsp3) is 0.583. The van der Waals surface area contributed by atoms with Gasteiger partial charge in [0.1, 0.15) is 30.0 Å². The number of alkyl carbamates (subject to hydrolysis) is 1. The van der Waals surface area contributed by atoms with Crippen molar-refractivity contribution >= 4 is 23.9 Å². The Morgan fingerprint density at radius 2 is 1.63 bits per heavy atom. The van der Waals surface area contributed by atoms with Gasteiger partial charge >= 0.3 is 12.1 Å². The summed E-state index contributed by atoms with van der Waals surface area (Å²) >= 11 is 0. The Morgan fingerprint density at radius 3 is 2.09 bits per heavy atom. The molecule has 2 atom stereocenters. The predicted octanol–water partition coefficient (Wildman–Crippen LogP) is 1.63. The van der Waals surface area contributed by atoms with Crippen LogP contribution in [-0.4, -0.2) is 76.4 Å². The van der Waals surface area contributed by atoms with E-state index in [1.54, 1.807) is 34.6 Å². The molecule has 0 saturated carbocycles. The van der Waals surface area contributed by atoms with Gasteiger partial charge in [0.2, 0.25) is 11.8 Å². The molecule has 3 amide bonds. The number of nitrogens with zero attached hydrogens (tertiary/aromatic N) is 1. The molecule has 1 aromatic carbocycles. The summed E-state index contributed by atoms with van der Waals surface area (Å²) in [7, 11) is 1.18. The van der Waals surface area contributed by atoms with E-state index in [0.717, 1.165) is 0 Å². The van der Waals surface area contributed by atoms with E-state index >= 15 is 0 Å². The number of phenols is 1. The first-order valence-electron chi connectivity index (χ1n) is 11.2. The van der Waals surface area contributed by atoms with Crippen LogP contribution in [0.1, 0.15) is 59.6 Å². The topological polar surface area (TPSA) is 154 Å². The van der Waals surface area contributed by atoms with Gasteiger partial charge in [-0.3, -0.25) is 14.4 Å². The number of aliphatic hydroxyl groups is 1. The summed E-state index contributed by atoms with van der Waals surface area (Å²) < 4.78 is 9.78. The first-order valence-corrected chi connectivity index (χ1v) is 11.2. The Bertz CT molecular complexity index is 893. The van der Waals surface area contributed by atoms with Gasteiger partial charge in [0, 0.05) is 5.54 Å². The van der Waals surface area contributed by atoms with Crippen LogP contribution in [0.15, 0.2) is 24.3 Å². The first kappa shape index (κ1) is 29.7. The van der Waals surface area contributed by atoms with Gasteiger partial charge in [0.05, 0.1) is 13.7 Å². The Hall–Kier alpha value is -3.34. The van der Waals surface area contributed by atoms with Crippen molar-refractivity contribution in [3.63, 3.8) is 0 Å². The Morgan fingerprint density at radius 1 is 1.06 bits per heavy atom. The molecule has 0 aliphatic heterocycles. The predicted molar refractivity (Wildman–Crippen MR) is 127 cm³/mol. The van der Waals surface area contributed by atoms with Gasteiger partial charge in [-0.2, -0.15) is 0 Å². The van der Waals surface area contributed by atoms with Crippen LogP contribution in [0.25, 0.3) is 0 Å². The number of hydrogen-bond donors (Lipinski definition) is 4. The normalized spacial score (nSPS) is 13.3. The van der Waals surface area contributed by atoms with E-state index in [-0.39, 0.29) is 5.75 Å². The summed E-state index contributed by atoms with van der Waals surface area (Å²) in [5.41, 5.74) is -1.43. The van der Waals surface area contributed by atoms with Crippen LogP contribution in [0.5, 0.6) is 5.75 Å². The van der Waals surface area contributed by atoms with Gasteiger partial charge in [-0.05, 0) is 58.7 Å². The maximum absolute atomic E-state index is 13.7. The molecule has 11 heteroatoms. The Labute approximate surface area is 205 Å². The van der Waals surface area contributed by atoms with Crippen LogP contribution in [0, 0.1) is 0 Å². The largest absolute Gasteiger partial charge is 0.508 e. The highest BCUT2D eigenvalue weighted by Gasteiger charge is 2.43. The summed E-state index contributed by atoms with van der Waals surface area (Å²) in [6.45, 7) is 9.06. The fourth-order valence-electron chi connectivity index (χ4n) is 3.15. The van der Waals surface area contributed by atoms with E-state index in [0.29, 0.717) is 12.0 Å². The number of ether oxygens (including phenoxy) is 2. The second-order valence-electron chi connectivity index (χ2n) is 9.54. The fourth-order valence-corrected chi connectivity index (χ4v) is 3.15. The SMILES string of the molecule is CCC(C)(C)N(C(=O)C(CO)NC(=O)OC(C)(C)C)C(C(=O)NCC(=O)OC)c1ccc(O)cc1. The molecule has 11 nitrogen and oxygen atoms in total. The number of aromatic hydroxyl groups is 1. The summed E-state index contributed by atoms with van der Waals surface area (Å²) in [6.07, 6.45) is -0.502. The zero-order valence-corrected chi connectivity index (χ0v) is 21.4. The van der Waals surface area contributed by atoms with Crippen LogP contribution < -0.4 is 10.6 Å². The minimum absolute atomic E-state index is 0.0464. The van der Waals surface area contributed by atoms with E-state index in [9.17, 15) is 29.4 Å². The lowest BCUT2D eigenvalue weighted by Crippen LogP contribution is -2.60. The molecule has 0 fully saturated rings. The van der Waals surface area contributed by atoms with Crippen molar-refractivity contribution in [3.05, 3.63) is 29.8 Å². The van der Waals surface area contributed by atoms with E-state index in [1.165, 1.54) is 36.3 Å². The Balaban J connectivity index is 3.50. The zero-order valence-electron chi connectivity index (χ0n) is 21.4. The van der Waals surface area contributed by atoms with Crippen LogP contribution in [0.4, 0.5) is 4.79 Å². The first-order chi connectivity index (χ1) is 16.2. The molecule has 0 aliphatic carbocycles. The zero-order chi connectivity index (χ0) is 27.0. The molecule has 0 aromatic heterocycles. The monoisotopic (exact) mass is 495 g/mol. The van der Waals surface area contributed by atoms with Gasteiger partial charge in [0.25, 0.3) is 0 Å². The van der Waals surface area contributed by atoms with Crippen molar-refractivity contribution in [1.29, 1.82) is 0 Å². The lowest BCUT2D eigenvalue weighted by atomic mass is 9.92. The molecule has 0 saturated heterocycles. The number of hydrogen-bond acceptors (Lipinski definition) is 8. The average molecular weight is 496 g/mol. The van der Waals surface area contributed by atoms with Crippen LogP contribution in [-0.2, 0) is 23.9 Å². The highest BCUT2D eigenvalue weighted by Crippen LogP contribution is 2.32. The number of nitrogens with one attached hydrogen (secondary N) is 2. The number of amides is 3. The van der Waals surface area contributed by atoms with Gasteiger partial charge in [0.15, 0.2) is 0 Å². The van der Waals surface area contributed by atoms with E-state index in [4.69, 9.17) is 4.74 Å².